The summed E-state index contributed by atoms with van der Waals surface area (Å²) in [5.74, 6) is -1.39. The Morgan fingerprint density at radius 3 is 2.59 bits per heavy atom. The number of halogens is 3. The van der Waals surface area contributed by atoms with Crippen LogP contribution in [0.15, 0.2) is 53.3 Å². The highest BCUT2D eigenvalue weighted by Gasteiger charge is 2.35. The van der Waals surface area contributed by atoms with Gasteiger partial charge in [-0.1, -0.05) is 50.6 Å². The number of H-pyrrole nitrogens is 1. The lowest BCUT2D eigenvalue weighted by Crippen LogP contribution is -2.40. The predicted molar refractivity (Wildman–Crippen MR) is 133 cm³/mol. The van der Waals surface area contributed by atoms with Crippen LogP contribution in [0.25, 0.3) is 22.0 Å². The van der Waals surface area contributed by atoms with Gasteiger partial charge in [0.15, 0.2) is 0 Å². The van der Waals surface area contributed by atoms with E-state index in [-0.39, 0.29) is 35.1 Å². The van der Waals surface area contributed by atoms with Gasteiger partial charge in [0.2, 0.25) is 5.91 Å². The van der Waals surface area contributed by atoms with E-state index < -0.39 is 41.3 Å². The molecule has 4 atom stereocenters. The van der Waals surface area contributed by atoms with Crippen molar-refractivity contribution < 1.29 is 27.5 Å². The number of carbonyl (C=O) groups is 2. The molecule has 1 aliphatic heterocycles. The number of fused-ring (bicyclic) bond motifs is 1. The zero-order valence-electron chi connectivity index (χ0n) is 20.4. The van der Waals surface area contributed by atoms with Gasteiger partial charge in [0, 0.05) is 16.6 Å². The predicted octanol–water partition coefficient (Wildman–Crippen LogP) is 4.10. The first-order valence-corrected chi connectivity index (χ1v) is 12.1. The first kappa shape index (κ1) is 26.4. The van der Waals surface area contributed by atoms with Crippen LogP contribution in [0.2, 0.25) is 0 Å². The Bertz CT molecular complexity index is 1390. The average Bonchev–Trinajstić information content (AvgIpc) is 3.25. The summed E-state index contributed by atoms with van der Waals surface area (Å²) in [6.45, 7) is 3.77. The van der Waals surface area contributed by atoms with Gasteiger partial charge in [-0.2, -0.15) is 13.2 Å². The fourth-order valence-electron chi connectivity index (χ4n) is 4.52. The van der Waals surface area contributed by atoms with E-state index in [4.69, 9.17) is 10.5 Å². The molecule has 0 radical (unpaired) electrons. The second-order valence-corrected chi connectivity index (χ2v) is 9.44. The molecular weight excluding hydrogens is 487 g/mol. The minimum atomic E-state index is -4.58. The highest BCUT2D eigenvalue weighted by Crippen LogP contribution is 2.37. The number of nitrogens with two attached hydrogens (primary N) is 1. The van der Waals surface area contributed by atoms with Crippen molar-refractivity contribution in [2.75, 3.05) is 6.61 Å². The normalized spacial score (nSPS) is 19.5. The lowest BCUT2D eigenvalue weighted by atomic mass is 9.93. The maximum Gasteiger partial charge on any atom is 0.417 e. The van der Waals surface area contributed by atoms with Crippen LogP contribution in [0, 0.1) is 5.92 Å². The topological polar surface area (TPSA) is 114 Å². The van der Waals surface area contributed by atoms with Gasteiger partial charge in [-0.05, 0) is 41.5 Å². The monoisotopic (exact) mass is 515 g/mol. The second kappa shape index (κ2) is 10.4. The van der Waals surface area contributed by atoms with E-state index in [2.05, 4.69) is 10.3 Å². The van der Waals surface area contributed by atoms with E-state index in [1.54, 1.807) is 18.2 Å². The third-order valence-electron chi connectivity index (χ3n) is 6.93. The standard InChI is InChI=1S/C27H28F3N3O4/c1-3-14(2)23(31)26(36)37-13-17-12-20(24(34)32-17)15-8-9-16-11-22(33-25(35)19(16)10-15)18-6-4-5-7-21(18)27(28,29)30/h4-11,14,17,20,23H,3,12-13,31H2,1-2H3,(H,32,34)(H,33,35)/t14-,17+,20+,23-/m0/s1. The fourth-order valence-corrected chi connectivity index (χ4v) is 4.52. The van der Waals surface area contributed by atoms with Crippen LogP contribution < -0.4 is 16.6 Å². The molecule has 2 heterocycles. The van der Waals surface area contributed by atoms with Gasteiger partial charge in [-0.25, -0.2) is 0 Å². The van der Waals surface area contributed by atoms with Gasteiger partial charge < -0.3 is 20.8 Å². The van der Waals surface area contributed by atoms with Crippen molar-refractivity contribution in [2.45, 2.75) is 50.9 Å². The molecule has 1 fully saturated rings. The number of carbonyl (C=O) groups excluding carboxylic acids is 2. The van der Waals surface area contributed by atoms with Crippen LogP contribution in [0.3, 0.4) is 0 Å². The van der Waals surface area contributed by atoms with Crippen molar-refractivity contribution in [1.82, 2.24) is 10.3 Å². The summed E-state index contributed by atoms with van der Waals surface area (Å²) in [5.41, 5.74) is 5.00. The van der Waals surface area contributed by atoms with E-state index in [0.717, 1.165) is 12.5 Å². The van der Waals surface area contributed by atoms with Gasteiger partial charge >= 0.3 is 12.1 Å². The largest absolute Gasteiger partial charge is 0.462 e. The van der Waals surface area contributed by atoms with E-state index in [1.807, 2.05) is 13.8 Å². The maximum atomic E-state index is 13.5. The van der Waals surface area contributed by atoms with E-state index in [9.17, 15) is 27.6 Å². The quantitative estimate of drug-likeness (QED) is 0.410. The molecule has 196 valence electrons. The van der Waals surface area contributed by atoms with Crippen molar-refractivity contribution >= 4 is 22.6 Å². The summed E-state index contributed by atoms with van der Waals surface area (Å²) >= 11 is 0. The van der Waals surface area contributed by atoms with Crippen LogP contribution in [0.1, 0.15) is 43.7 Å². The number of aromatic nitrogens is 1. The molecule has 0 spiro atoms. The Morgan fingerprint density at radius 1 is 1.16 bits per heavy atom. The lowest BCUT2D eigenvalue weighted by Gasteiger charge is -2.18. The molecule has 2 aromatic carbocycles. The molecule has 0 bridgehead atoms. The molecule has 10 heteroatoms. The maximum absolute atomic E-state index is 13.5. The zero-order valence-corrected chi connectivity index (χ0v) is 20.4. The Labute approximate surface area is 211 Å². The molecule has 3 aromatic rings. The average molecular weight is 516 g/mol. The Hall–Kier alpha value is -3.66. The SMILES string of the molecule is CC[C@H](C)[C@H](N)C(=O)OC[C@H]1C[C@H](c2ccc3cc(-c4ccccc4C(F)(F)F)[nH]c(=O)c3c2)C(=O)N1. The third-order valence-corrected chi connectivity index (χ3v) is 6.93. The number of hydrogen-bond acceptors (Lipinski definition) is 5. The summed E-state index contributed by atoms with van der Waals surface area (Å²) < 4.78 is 45.7. The van der Waals surface area contributed by atoms with Gasteiger partial charge in [-0.3, -0.25) is 14.4 Å². The number of rotatable bonds is 7. The molecule has 0 saturated carbocycles. The Balaban J connectivity index is 1.54. The number of pyridine rings is 1. The summed E-state index contributed by atoms with van der Waals surface area (Å²) in [5, 5.41) is 3.51. The highest BCUT2D eigenvalue weighted by molar-refractivity contribution is 5.90. The van der Waals surface area contributed by atoms with Crippen molar-refractivity contribution in [3.8, 4) is 11.3 Å². The lowest BCUT2D eigenvalue weighted by molar-refractivity contribution is -0.147. The van der Waals surface area contributed by atoms with E-state index in [0.29, 0.717) is 17.4 Å². The number of alkyl halides is 3. The van der Waals surface area contributed by atoms with Gasteiger partial charge in [0.25, 0.3) is 5.56 Å². The minimum absolute atomic E-state index is 0.0126. The van der Waals surface area contributed by atoms with Gasteiger partial charge in [0.1, 0.15) is 12.6 Å². The summed E-state index contributed by atoms with van der Waals surface area (Å²) in [6, 6.07) is 10.3. The summed E-state index contributed by atoms with van der Waals surface area (Å²) in [7, 11) is 0. The molecule has 0 aliphatic carbocycles. The van der Waals surface area contributed by atoms with Crippen molar-refractivity contribution in [1.29, 1.82) is 0 Å². The fraction of sp³-hybridized carbons (Fsp3) is 0.370. The zero-order chi connectivity index (χ0) is 26.9. The molecule has 4 N–H and O–H groups in total. The minimum Gasteiger partial charge on any atom is -0.462 e. The molecule has 1 aromatic heterocycles. The third kappa shape index (κ3) is 5.53. The molecule has 4 rings (SSSR count). The second-order valence-electron chi connectivity index (χ2n) is 9.44. The number of hydrogen-bond donors (Lipinski definition) is 3. The van der Waals surface area contributed by atoms with Crippen molar-refractivity contribution in [3.63, 3.8) is 0 Å². The van der Waals surface area contributed by atoms with Crippen molar-refractivity contribution in [3.05, 3.63) is 70.0 Å². The van der Waals surface area contributed by atoms with Crippen LogP contribution in [0.5, 0.6) is 0 Å². The van der Waals surface area contributed by atoms with E-state index >= 15 is 0 Å². The Kier molecular flexibility index (Phi) is 7.40. The number of ether oxygens (including phenoxy) is 1. The first-order valence-electron chi connectivity index (χ1n) is 12.1. The molecule has 37 heavy (non-hydrogen) atoms. The van der Waals surface area contributed by atoms with Gasteiger partial charge in [-0.15, -0.1) is 0 Å². The van der Waals surface area contributed by atoms with Crippen LogP contribution in [-0.2, 0) is 20.5 Å². The first-order chi connectivity index (χ1) is 17.5. The molecule has 1 aliphatic rings. The van der Waals surface area contributed by atoms with Crippen LogP contribution >= 0.6 is 0 Å². The number of benzene rings is 2. The number of nitrogens with one attached hydrogen (secondary N) is 2. The van der Waals surface area contributed by atoms with E-state index in [1.165, 1.54) is 24.3 Å². The Morgan fingerprint density at radius 2 is 1.89 bits per heavy atom. The smallest absolute Gasteiger partial charge is 0.417 e. The van der Waals surface area contributed by atoms with Crippen molar-refractivity contribution in [2.24, 2.45) is 11.7 Å². The van der Waals surface area contributed by atoms with Crippen LogP contribution in [0.4, 0.5) is 13.2 Å². The highest BCUT2D eigenvalue weighted by atomic mass is 19.4. The molecule has 7 nitrogen and oxygen atoms in total. The number of amides is 1. The molecule has 0 unspecified atom stereocenters. The molecule has 1 amide bonds. The molecular formula is C27H28F3N3O4. The number of esters is 1. The van der Waals surface area contributed by atoms with Gasteiger partial charge in [0.05, 0.1) is 17.5 Å². The number of aromatic amines is 1. The summed E-state index contributed by atoms with van der Waals surface area (Å²) in [4.78, 5) is 40.2. The summed E-state index contributed by atoms with van der Waals surface area (Å²) in [6.07, 6.45) is -3.49. The molecule has 1 saturated heterocycles. The van der Waals surface area contributed by atoms with Crippen LogP contribution in [-0.4, -0.2) is 35.6 Å².